The molecule has 0 spiro atoms. The Morgan fingerprint density at radius 2 is 1.61 bits per heavy atom. The molecule has 3 unspecified atom stereocenters. The lowest BCUT2D eigenvalue weighted by Gasteiger charge is -2.39. The lowest BCUT2D eigenvalue weighted by atomic mass is 9.78. The highest BCUT2D eigenvalue weighted by atomic mass is 16.5. The van der Waals surface area contributed by atoms with Crippen LogP contribution < -0.4 is 5.32 Å². The summed E-state index contributed by atoms with van der Waals surface area (Å²) in [5.41, 5.74) is 0. The second kappa shape index (κ2) is 5.60. The molecule has 3 rings (SSSR count). The lowest BCUT2D eigenvalue weighted by Crippen LogP contribution is -2.52. The predicted octanol–water partition coefficient (Wildman–Crippen LogP) is 2.78. The number of hydrogen-bond acceptors (Lipinski definition) is 3. The van der Waals surface area contributed by atoms with Crippen molar-refractivity contribution in [2.45, 2.75) is 82.4 Å². The number of carbonyl (C=O) groups excluding carboxylic acids is 1. The Hall–Kier alpha value is -0.570. The van der Waals surface area contributed by atoms with Gasteiger partial charge in [0.2, 0.25) is 0 Å². The average Bonchev–Trinajstić information content (AvgIpc) is 2.91. The Morgan fingerprint density at radius 1 is 0.889 bits per heavy atom. The first-order chi connectivity index (χ1) is 8.83. The van der Waals surface area contributed by atoms with Crippen molar-refractivity contribution >= 4 is 5.97 Å². The van der Waals surface area contributed by atoms with Crippen molar-refractivity contribution in [2.75, 3.05) is 0 Å². The minimum absolute atomic E-state index is 0.0194. The molecule has 3 atom stereocenters. The second-order valence-electron chi connectivity index (χ2n) is 6.29. The summed E-state index contributed by atoms with van der Waals surface area (Å²) in [5, 5.41) is 3.55. The van der Waals surface area contributed by atoms with Crippen LogP contribution in [0.4, 0.5) is 0 Å². The largest absolute Gasteiger partial charge is 0.461 e. The predicted molar refractivity (Wildman–Crippen MR) is 70.3 cm³/mol. The highest BCUT2D eigenvalue weighted by molar-refractivity contribution is 5.76. The van der Waals surface area contributed by atoms with E-state index in [1.807, 2.05) is 0 Å². The Morgan fingerprint density at radius 3 is 2.44 bits per heavy atom. The van der Waals surface area contributed by atoms with E-state index < -0.39 is 0 Å². The van der Waals surface area contributed by atoms with E-state index in [9.17, 15) is 4.79 Å². The topological polar surface area (TPSA) is 38.3 Å². The third-order valence-corrected chi connectivity index (χ3v) is 5.02. The van der Waals surface area contributed by atoms with E-state index in [-0.39, 0.29) is 18.1 Å². The zero-order valence-electron chi connectivity index (χ0n) is 11.2. The third-order valence-electron chi connectivity index (χ3n) is 5.02. The number of ether oxygens (including phenoxy) is 1. The van der Waals surface area contributed by atoms with E-state index in [4.69, 9.17) is 4.74 Å². The molecule has 3 nitrogen and oxygen atoms in total. The molecule has 1 heterocycles. The van der Waals surface area contributed by atoms with Crippen LogP contribution in [0.2, 0.25) is 0 Å². The molecule has 3 fully saturated rings. The molecule has 0 aromatic rings. The number of carbonyl (C=O) groups is 1. The Balaban J connectivity index is 1.51. The van der Waals surface area contributed by atoms with Crippen molar-refractivity contribution in [1.29, 1.82) is 0 Å². The number of piperidine rings is 1. The van der Waals surface area contributed by atoms with E-state index in [2.05, 4.69) is 5.32 Å². The molecule has 18 heavy (non-hydrogen) atoms. The number of rotatable bonds is 2. The normalized spacial score (nSPS) is 37.2. The van der Waals surface area contributed by atoms with Crippen LogP contribution in [0.1, 0.15) is 64.2 Å². The molecule has 3 aliphatic rings. The minimum atomic E-state index is -0.0232. The SMILES string of the molecule is O=C(OC1CCCC1)C1CCC2CCCCC2N1. The quantitative estimate of drug-likeness (QED) is 0.767. The van der Waals surface area contributed by atoms with Gasteiger partial charge in [0.05, 0.1) is 0 Å². The summed E-state index contributed by atoms with van der Waals surface area (Å²) in [7, 11) is 0. The number of esters is 1. The van der Waals surface area contributed by atoms with E-state index in [0.29, 0.717) is 6.04 Å². The molecule has 2 aliphatic carbocycles. The van der Waals surface area contributed by atoms with Crippen molar-refractivity contribution in [3.05, 3.63) is 0 Å². The number of nitrogens with one attached hydrogen (secondary N) is 1. The third kappa shape index (κ3) is 2.71. The molecule has 1 saturated heterocycles. The van der Waals surface area contributed by atoms with E-state index in [1.165, 1.54) is 44.9 Å². The minimum Gasteiger partial charge on any atom is -0.461 e. The first-order valence-electron chi connectivity index (χ1n) is 7.79. The van der Waals surface area contributed by atoms with Gasteiger partial charge in [-0.3, -0.25) is 4.79 Å². The molecule has 0 aromatic carbocycles. The van der Waals surface area contributed by atoms with Crippen LogP contribution in [0.5, 0.6) is 0 Å². The van der Waals surface area contributed by atoms with E-state index >= 15 is 0 Å². The molecular weight excluding hydrogens is 226 g/mol. The zero-order valence-corrected chi connectivity index (χ0v) is 11.2. The summed E-state index contributed by atoms with van der Waals surface area (Å²) < 4.78 is 5.63. The summed E-state index contributed by atoms with van der Waals surface area (Å²) in [4.78, 5) is 12.1. The van der Waals surface area contributed by atoms with Gasteiger partial charge < -0.3 is 10.1 Å². The molecule has 102 valence electrons. The fourth-order valence-corrected chi connectivity index (χ4v) is 3.93. The molecule has 2 saturated carbocycles. The van der Waals surface area contributed by atoms with Crippen LogP contribution in [0, 0.1) is 5.92 Å². The molecule has 0 radical (unpaired) electrons. The molecule has 1 N–H and O–H groups in total. The molecular formula is C15H25NO2. The fourth-order valence-electron chi connectivity index (χ4n) is 3.93. The molecule has 0 bridgehead atoms. The smallest absolute Gasteiger partial charge is 0.323 e. The second-order valence-corrected chi connectivity index (χ2v) is 6.29. The average molecular weight is 251 g/mol. The summed E-state index contributed by atoms with van der Waals surface area (Å²) in [6, 6.07) is 0.554. The summed E-state index contributed by atoms with van der Waals surface area (Å²) in [6.45, 7) is 0. The fraction of sp³-hybridized carbons (Fsp3) is 0.933. The first-order valence-corrected chi connectivity index (χ1v) is 7.79. The van der Waals surface area contributed by atoms with Crippen LogP contribution in [-0.4, -0.2) is 24.2 Å². The van der Waals surface area contributed by atoms with Gasteiger partial charge in [-0.25, -0.2) is 0 Å². The molecule has 3 heteroatoms. The Bertz CT molecular complexity index is 299. The van der Waals surface area contributed by atoms with Gasteiger partial charge >= 0.3 is 5.97 Å². The van der Waals surface area contributed by atoms with Gasteiger partial charge in [0.25, 0.3) is 0 Å². The van der Waals surface area contributed by atoms with Crippen molar-refractivity contribution < 1.29 is 9.53 Å². The van der Waals surface area contributed by atoms with Gasteiger partial charge in [-0.2, -0.15) is 0 Å². The lowest BCUT2D eigenvalue weighted by molar-refractivity contribution is -0.152. The summed E-state index contributed by atoms with van der Waals surface area (Å²) in [5.74, 6) is 0.834. The first kappa shape index (κ1) is 12.5. The van der Waals surface area contributed by atoms with Gasteiger partial charge in [-0.05, 0) is 57.3 Å². The number of hydrogen-bond donors (Lipinski definition) is 1. The maximum Gasteiger partial charge on any atom is 0.323 e. The van der Waals surface area contributed by atoms with Gasteiger partial charge in [0, 0.05) is 6.04 Å². The molecule has 0 amide bonds. The van der Waals surface area contributed by atoms with Gasteiger partial charge in [-0.15, -0.1) is 0 Å². The summed E-state index contributed by atoms with van der Waals surface area (Å²) in [6.07, 6.45) is 12.3. The van der Waals surface area contributed by atoms with Gasteiger partial charge in [0.15, 0.2) is 0 Å². The maximum atomic E-state index is 12.1. The van der Waals surface area contributed by atoms with Gasteiger partial charge in [-0.1, -0.05) is 12.8 Å². The van der Waals surface area contributed by atoms with Crippen LogP contribution in [0.25, 0.3) is 0 Å². The Kier molecular flexibility index (Phi) is 3.88. The monoisotopic (exact) mass is 251 g/mol. The van der Waals surface area contributed by atoms with E-state index in [1.54, 1.807) is 0 Å². The van der Waals surface area contributed by atoms with Gasteiger partial charge in [0.1, 0.15) is 12.1 Å². The van der Waals surface area contributed by atoms with Crippen molar-refractivity contribution in [1.82, 2.24) is 5.32 Å². The van der Waals surface area contributed by atoms with Crippen LogP contribution in [-0.2, 0) is 9.53 Å². The van der Waals surface area contributed by atoms with Crippen LogP contribution in [0.15, 0.2) is 0 Å². The van der Waals surface area contributed by atoms with Crippen molar-refractivity contribution in [3.8, 4) is 0 Å². The molecule has 1 aliphatic heterocycles. The summed E-state index contributed by atoms with van der Waals surface area (Å²) >= 11 is 0. The maximum absolute atomic E-state index is 12.1. The standard InChI is InChI=1S/C15H25NO2/c17-15(18-12-6-2-3-7-12)14-10-9-11-5-1-4-8-13(11)16-14/h11-14,16H,1-10H2. The van der Waals surface area contributed by atoms with Crippen molar-refractivity contribution in [2.24, 2.45) is 5.92 Å². The Labute approximate surface area is 110 Å². The zero-order chi connectivity index (χ0) is 12.4. The van der Waals surface area contributed by atoms with Crippen LogP contribution >= 0.6 is 0 Å². The van der Waals surface area contributed by atoms with Crippen LogP contribution in [0.3, 0.4) is 0 Å². The van der Waals surface area contributed by atoms with Crippen molar-refractivity contribution in [3.63, 3.8) is 0 Å². The highest BCUT2D eigenvalue weighted by Gasteiger charge is 2.36. The van der Waals surface area contributed by atoms with E-state index in [0.717, 1.165) is 25.2 Å². The highest BCUT2D eigenvalue weighted by Crippen LogP contribution is 2.32. The number of fused-ring (bicyclic) bond motifs is 1. The molecule has 0 aromatic heterocycles.